The van der Waals surface area contributed by atoms with E-state index in [1.807, 2.05) is 0 Å². The molecule has 0 amide bonds. The Morgan fingerprint density at radius 2 is 2.57 bits per heavy atom. The van der Waals surface area contributed by atoms with Crippen molar-refractivity contribution < 1.29 is 0 Å². The minimum absolute atomic E-state index is 0.475. The fraction of sp³-hybridized carbons (Fsp3) is 0. The van der Waals surface area contributed by atoms with Gasteiger partial charge in [-0.1, -0.05) is 11.6 Å². The maximum Gasteiger partial charge on any atom is 0.181 e. The van der Waals surface area contributed by atoms with Gasteiger partial charge in [0.1, 0.15) is 5.15 Å². The lowest BCUT2D eigenvalue weighted by Gasteiger charge is -1.70. The molecule has 0 aliphatic carbocycles. The molecule has 1 aromatic rings. The standard InChI is InChI=1S/C3H3ClN2S/c4-2-1-7-3(5)6-2/h1H,(H2,5,6). The predicted octanol–water partition coefficient (Wildman–Crippen LogP) is 1.38. The van der Waals surface area contributed by atoms with Gasteiger partial charge < -0.3 is 5.73 Å². The van der Waals surface area contributed by atoms with Crippen LogP contribution in [-0.2, 0) is 0 Å². The van der Waals surface area contributed by atoms with Gasteiger partial charge in [0.15, 0.2) is 5.13 Å². The zero-order valence-electron chi connectivity index (χ0n) is 3.39. The molecule has 1 aromatic heterocycles. The van der Waals surface area contributed by atoms with E-state index >= 15 is 0 Å². The summed E-state index contributed by atoms with van der Waals surface area (Å²) in [5.74, 6) is 0. The third kappa shape index (κ3) is 1.04. The number of thiazole rings is 1. The van der Waals surface area contributed by atoms with Crippen molar-refractivity contribution in [2.75, 3.05) is 5.73 Å². The van der Waals surface area contributed by atoms with Crippen molar-refractivity contribution >= 4 is 28.1 Å². The Bertz CT molecular complexity index is 145. The van der Waals surface area contributed by atoms with E-state index in [4.69, 9.17) is 17.3 Å². The summed E-state index contributed by atoms with van der Waals surface area (Å²) in [6.45, 7) is 0. The molecule has 0 fully saturated rings. The van der Waals surface area contributed by atoms with E-state index in [0.717, 1.165) is 0 Å². The molecule has 7 heavy (non-hydrogen) atoms. The third-order valence-electron chi connectivity index (χ3n) is 0.494. The maximum atomic E-state index is 5.38. The first-order valence-corrected chi connectivity index (χ1v) is 2.91. The molecule has 0 aromatic carbocycles. The summed E-state index contributed by atoms with van der Waals surface area (Å²) < 4.78 is 0. The van der Waals surface area contributed by atoms with Crippen LogP contribution in [0.5, 0.6) is 0 Å². The molecule has 0 saturated heterocycles. The lowest BCUT2D eigenvalue weighted by Crippen LogP contribution is -1.78. The number of anilines is 1. The zero-order valence-corrected chi connectivity index (χ0v) is 4.96. The van der Waals surface area contributed by atoms with Crippen molar-refractivity contribution in [2.24, 2.45) is 0 Å². The number of rotatable bonds is 0. The molecule has 2 N–H and O–H groups in total. The van der Waals surface area contributed by atoms with Crippen LogP contribution in [0.4, 0.5) is 5.13 Å². The molecule has 0 bridgehead atoms. The van der Waals surface area contributed by atoms with Crippen LogP contribution in [0.2, 0.25) is 5.15 Å². The largest absolute Gasteiger partial charge is 0.375 e. The van der Waals surface area contributed by atoms with Crippen molar-refractivity contribution in [1.29, 1.82) is 0 Å². The Morgan fingerprint density at radius 3 is 2.71 bits per heavy atom. The van der Waals surface area contributed by atoms with Crippen molar-refractivity contribution in [2.45, 2.75) is 0 Å². The lowest BCUT2D eigenvalue weighted by atomic mass is 11.0. The average molecular weight is 135 g/mol. The fourth-order valence-corrected chi connectivity index (χ4v) is 0.964. The van der Waals surface area contributed by atoms with Gasteiger partial charge in [-0.25, -0.2) is 4.98 Å². The molecule has 0 aliphatic heterocycles. The van der Waals surface area contributed by atoms with Crippen LogP contribution >= 0.6 is 22.9 Å². The first-order chi connectivity index (χ1) is 3.29. The Kier molecular flexibility index (Phi) is 1.17. The van der Waals surface area contributed by atoms with Crippen LogP contribution < -0.4 is 5.73 Å². The average Bonchev–Trinajstić information content (AvgIpc) is 1.87. The predicted molar refractivity (Wildman–Crippen MR) is 31.5 cm³/mol. The van der Waals surface area contributed by atoms with Crippen LogP contribution in [0.3, 0.4) is 0 Å². The first kappa shape index (κ1) is 4.87. The Balaban J connectivity index is 3.04. The Morgan fingerprint density at radius 1 is 1.86 bits per heavy atom. The van der Waals surface area contributed by atoms with Gasteiger partial charge >= 0.3 is 0 Å². The molecule has 38 valence electrons. The highest BCUT2D eigenvalue weighted by molar-refractivity contribution is 7.13. The molecule has 1 rings (SSSR count). The number of nitrogens with two attached hydrogens (primary N) is 1. The second-order valence-corrected chi connectivity index (χ2v) is 2.29. The summed E-state index contributed by atoms with van der Waals surface area (Å²) in [5, 5.41) is 2.68. The first-order valence-electron chi connectivity index (χ1n) is 1.65. The van der Waals surface area contributed by atoms with Crippen LogP contribution in [0.1, 0.15) is 0 Å². The zero-order chi connectivity index (χ0) is 5.28. The minimum atomic E-state index is 0.475. The van der Waals surface area contributed by atoms with E-state index in [1.165, 1.54) is 11.3 Å². The molecule has 0 spiro atoms. The monoisotopic (exact) mass is 134 g/mol. The topological polar surface area (TPSA) is 38.9 Å². The van der Waals surface area contributed by atoms with Crippen molar-refractivity contribution in [1.82, 2.24) is 4.98 Å². The number of hydrogen-bond donors (Lipinski definition) is 1. The Hall–Kier alpha value is -0.280. The lowest BCUT2D eigenvalue weighted by molar-refractivity contribution is 1.43. The highest BCUT2D eigenvalue weighted by Gasteiger charge is 1.89. The molecular formula is C3H3ClN2S. The summed E-state index contributed by atoms with van der Waals surface area (Å²) in [5.41, 5.74) is 5.20. The molecule has 0 atom stereocenters. The Labute approximate surface area is 49.9 Å². The smallest absolute Gasteiger partial charge is 0.181 e. The van der Waals surface area contributed by atoms with Gasteiger partial charge in [-0.3, -0.25) is 0 Å². The van der Waals surface area contributed by atoms with Crippen molar-refractivity contribution in [3.63, 3.8) is 0 Å². The summed E-state index contributed by atoms with van der Waals surface area (Å²) >= 11 is 6.72. The highest BCUT2D eigenvalue weighted by atomic mass is 35.5. The van der Waals surface area contributed by atoms with Gasteiger partial charge in [-0.15, -0.1) is 11.3 Å². The van der Waals surface area contributed by atoms with Crippen LogP contribution in [0.25, 0.3) is 0 Å². The molecule has 4 heteroatoms. The van der Waals surface area contributed by atoms with Gasteiger partial charge in [-0.05, 0) is 0 Å². The summed E-state index contributed by atoms with van der Waals surface area (Å²) in [7, 11) is 0. The van der Waals surface area contributed by atoms with E-state index in [2.05, 4.69) is 4.98 Å². The van der Waals surface area contributed by atoms with Crippen LogP contribution in [-0.4, -0.2) is 4.98 Å². The molecule has 0 radical (unpaired) electrons. The number of nitrogens with zero attached hydrogens (tertiary/aromatic N) is 1. The molecule has 0 saturated carbocycles. The minimum Gasteiger partial charge on any atom is -0.375 e. The van der Waals surface area contributed by atoms with Gasteiger partial charge in [0.25, 0.3) is 0 Å². The van der Waals surface area contributed by atoms with Crippen molar-refractivity contribution in [3.8, 4) is 0 Å². The van der Waals surface area contributed by atoms with Crippen LogP contribution in [0.15, 0.2) is 5.38 Å². The highest BCUT2D eigenvalue weighted by Crippen LogP contribution is 2.14. The SMILES string of the molecule is Nc1nc(Cl)cs1. The molecular weight excluding hydrogens is 132 g/mol. The fourth-order valence-electron chi connectivity index (χ4n) is 0.267. The van der Waals surface area contributed by atoms with Crippen LogP contribution in [0, 0.1) is 0 Å². The number of hydrogen-bond acceptors (Lipinski definition) is 3. The number of nitrogen functional groups attached to an aromatic ring is 1. The van der Waals surface area contributed by atoms with E-state index < -0.39 is 0 Å². The van der Waals surface area contributed by atoms with E-state index in [-0.39, 0.29) is 0 Å². The molecule has 0 unspecified atom stereocenters. The summed E-state index contributed by atoms with van der Waals surface area (Å²) in [4.78, 5) is 3.67. The summed E-state index contributed by atoms with van der Waals surface area (Å²) in [6.07, 6.45) is 0. The number of aromatic nitrogens is 1. The van der Waals surface area contributed by atoms with Crippen molar-refractivity contribution in [3.05, 3.63) is 10.5 Å². The van der Waals surface area contributed by atoms with E-state index in [0.29, 0.717) is 10.3 Å². The van der Waals surface area contributed by atoms with Gasteiger partial charge in [0.05, 0.1) is 0 Å². The maximum absolute atomic E-state index is 5.38. The van der Waals surface area contributed by atoms with Gasteiger partial charge in [0, 0.05) is 5.38 Å². The number of halogens is 1. The van der Waals surface area contributed by atoms with Gasteiger partial charge in [-0.2, -0.15) is 0 Å². The normalized spacial score (nSPS) is 9.29. The van der Waals surface area contributed by atoms with Gasteiger partial charge in [0.2, 0.25) is 0 Å². The molecule has 0 aliphatic rings. The quantitative estimate of drug-likeness (QED) is 0.582. The van der Waals surface area contributed by atoms with E-state index in [9.17, 15) is 0 Å². The van der Waals surface area contributed by atoms with E-state index in [1.54, 1.807) is 5.38 Å². The molecule has 2 nitrogen and oxygen atoms in total. The third-order valence-corrected chi connectivity index (χ3v) is 1.49. The summed E-state index contributed by atoms with van der Waals surface area (Å²) in [6, 6.07) is 0. The second-order valence-electron chi connectivity index (χ2n) is 1.01. The second kappa shape index (κ2) is 1.68. The molecule has 1 heterocycles.